The molecule has 0 fully saturated rings. The highest BCUT2D eigenvalue weighted by Crippen LogP contribution is 2.39. The van der Waals surface area contributed by atoms with Crippen molar-refractivity contribution in [2.75, 3.05) is 4.90 Å². The molecule has 0 saturated heterocycles. The predicted octanol–water partition coefficient (Wildman–Crippen LogP) is 6.82. The maximum absolute atomic E-state index is 6.33. The molecule has 0 radical (unpaired) electrons. The van der Waals surface area contributed by atoms with Gasteiger partial charge in [0.25, 0.3) is 5.89 Å². The summed E-state index contributed by atoms with van der Waals surface area (Å²) < 4.78 is 5.81. The van der Waals surface area contributed by atoms with Crippen molar-refractivity contribution in [3.05, 3.63) is 107 Å². The molecule has 0 bridgehead atoms. The number of aromatic nitrogens is 2. The summed E-state index contributed by atoms with van der Waals surface area (Å²) in [5.74, 6) is 0.974. The first-order chi connectivity index (χ1) is 16.5. The van der Waals surface area contributed by atoms with Crippen LogP contribution >= 0.6 is 23.8 Å². The molecular weight excluding hydrogens is 464 g/mol. The summed E-state index contributed by atoms with van der Waals surface area (Å²) in [4.78, 5) is 6.79. The summed E-state index contributed by atoms with van der Waals surface area (Å²) in [6.45, 7) is 4.17. The zero-order valence-electron chi connectivity index (χ0n) is 18.8. The number of hydrogen-bond donors (Lipinski definition) is 1. The fraction of sp³-hybridized carbons (Fsp3) is 0.148. The summed E-state index contributed by atoms with van der Waals surface area (Å²) in [5.41, 5.74) is 5.85. The zero-order valence-corrected chi connectivity index (χ0v) is 20.4. The van der Waals surface area contributed by atoms with E-state index in [2.05, 4.69) is 35.6 Å². The van der Waals surface area contributed by atoms with Crippen LogP contribution in [0.4, 0.5) is 5.69 Å². The summed E-state index contributed by atoms with van der Waals surface area (Å²) in [7, 11) is 0. The van der Waals surface area contributed by atoms with E-state index in [0.717, 1.165) is 34.5 Å². The van der Waals surface area contributed by atoms with Crippen molar-refractivity contribution < 1.29 is 4.52 Å². The first-order valence-electron chi connectivity index (χ1n) is 11.1. The molecule has 0 amide bonds. The van der Waals surface area contributed by atoms with Gasteiger partial charge in [-0.3, -0.25) is 4.90 Å². The Hall–Kier alpha value is -3.48. The van der Waals surface area contributed by atoms with E-state index in [1.54, 1.807) is 0 Å². The third-order valence-corrected chi connectivity index (χ3v) is 6.47. The van der Waals surface area contributed by atoms with Gasteiger partial charge in [0.15, 0.2) is 5.11 Å². The first-order valence-corrected chi connectivity index (χ1v) is 11.9. The predicted molar refractivity (Wildman–Crippen MR) is 141 cm³/mol. The van der Waals surface area contributed by atoms with E-state index in [9.17, 15) is 0 Å². The largest absolute Gasteiger partial charge is 0.351 e. The lowest BCUT2D eigenvalue weighted by Crippen LogP contribution is -2.46. The van der Waals surface area contributed by atoms with Crippen LogP contribution in [0.2, 0.25) is 5.02 Å². The quantitative estimate of drug-likeness (QED) is 0.312. The van der Waals surface area contributed by atoms with Gasteiger partial charge in [-0.2, -0.15) is 4.98 Å². The molecule has 7 heteroatoms. The highest BCUT2D eigenvalue weighted by molar-refractivity contribution is 7.80. The minimum atomic E-state index is -0.291. The average Bonchev–Trinajstić information content (AvgIpc) is 3.34. The standard InChI is InChI=1S/C27H23ClN4OS/c1-3-18-9-7-14-22(15-18)32-17(2)23(24(29-27(32)34)20-12-8-13-21(28)16-20)26-30-25(31-33-26)19-10-5-4-6-11-19/h4-16,24H,3H2,1-2H3,(H,29,34). The normalized spacial score (nSPS) is 16.0. The second-order valence-electron chi connectivity index (χ2n) is 8.08. The van der Waals surface area contributed by atoms with Crippen molar-refractivity contribution in [2.45, 2.75) is 26.3 Å². The third kappa shape index (κ3) is 4.22. The number of hydrogen-bond acceptors (Lipinski definition) is 4. The van der Waals surface area contributed by atoms with Gasteiger partial charge in [-0.15, -0.1) is 0 Å². The van der Waals surface area contributed by atoms with E-state index in [0.29, 0.717) is 21.9 Å². The Balaban J connectivity index is 1.67. The van der Waals surface area contributed by atoms with Gasteiger partial charge in [0, 0.05) is 22.0 Å². The molecule has 0 saturated carbocycles. The average molecular weight is 487 g/mol. The van der Waals surface area contributed by atoms with E-state index >= 15 is 0 Å². The fourth-order valence-electron chi connectivity index (χ4n) is 4.22. The lowest BCUT2D eigenvalue weighted by molar-refractivity contribution is 0.404. The van der Waals surface area contributed by atoms with Crippen molar-refractivity contribution in [1.82, 2.24) is 15.5 Å². The third-order valence-electron chi connectivity index (χ3n) is 5.93. The van der Waals surface area contributed by atoms with Crippen LogP contribution in [0.25, 0.3) is 17.0 Å². The van der Waals surface area contributed by atoms with Crippen molar-refractivity contribution in [3.63, 3.8) is 0 Å². The van der Waals surface area contributed by atoms with Gasteiger partial charge in [0.05, 0.1) is 11.6 Å². The molecule has 5 nitrogen and oxygen atoms in total. The topological polar surface area (TPSA) is 54.2 Å². The minimum absolute atomic E-state index is 0.291. The number of halogens is 1. The monoisotopic (exact) mass is 486 g/mol. The van der Waals surface area contributed by atoms with Gasteiger partial charge in [-0.25, -0.2) is 0 Å². The van der Waals surface area contributed by atoms with Crippen LogP contribution in [0.1, 0.15) is 36.9 Å². The van der Waals surface area contributed by atoms with Gasteiger partial charge in [0.2, 0.25) is 5.82 Å². The van der Waals surface area contributed by atoms with Crippen molar-refractivity contribution >= 4 is 40.2 Å². The molecule has 0 aliphatic carbocycles. The highest BCUT2D eigenvalue weighted by Gasteiger charge is 2.35. The molecule has 170 valence electrons. The molecule has 5 rings (SSSR count). The lowest BCUT2D eigenvalue weighted by Gasteiger charge is -2.37. The Bertz CT molecular complexity index is 1380. The van der Waals surface area contributed by atoms with Crippen molar-refractivity contribution in [3.8, 4) is 11.4 Å². The minimum Gasteiger partial charge on any atom is -0.351 e. The molecule has 1 aliphatic rings. The van der Waals surface area contributed by atoms with Crippen molar-refractivity contribution in [1.29, 1.82) is 0 Å². The second kappa shape index (κ2) is 9.41. The van der Waals surface area contributed by atoms with Crippen LogP contribution in [0.15, 0.2) is 89.1 Å². The van der Waals surface area contributed by atoms with Crippen LogP contribution in [0.3, 0.4) is 0 Å². The number of nitrogens with one attached hydrogen (secondary N) is 1. The van der Waals surface area contributed by atoms with E-state index in [1.807, 2.05) is 72.5 Å². The van der Waals surface area contributed by atoms with E-state index in [-0.39, 0.29) is 6.04 Å². The fourth-order valence-corrected chi connectivity index (χ4v) is 4.78. The molecule has 1 aromatic heterocycles. The molecule has 2 heterocycles. The Morgan fingerprint density at radius 2 is 1.82 bits per heavy atom. The highest BCUT2D eigenvalue weighted by atomic mass is 35.5. The number of thiocarbonyl (C=S) groups is 1. The number of anilines is 1. The van der Waals surface area contributed by atoms with Gasteiger partial charge < -0.3 is 9.84 Å². The van der Waals surface area contributed by atoms with E-state index in [1.165, 1.54) is 5.56 Å². The molecule has 34 heavy (non-hydrogen) atoms. The van der Waals surface area contributed by atoms with Gasteiger partial charge >= 0.3 is 0 Å². The summed E-state index contributed by atoms with van der Waals surface area (Å²) >= 11 is 12.2. The molecule has 1 N–H and O–H groups in total. The number of allylic oxidation sites excluding steroid dienone is 1. The summed E-state index contributed by atoms with van der Waals surface area (Å²) in [6, 6.07) is 25.6. The van der Waals surface area contributed by atoms with Crippen LogP contribution in [-0.2, 0) is 6.42 Å². The van der Waals surface area contributed by atoms with Crippen molar-refractivity contribution in [2.24, 2.45) is 0 Å². The molecule has 0 spiro atoms. The Kier molecular flexibility index (Phi) is 6.18. The SMILES string of the molecule is CCc1cccc(N2C(=S)NC(c3cccc(Cl)c3)C(c3nc(-c4ccccc4)no3)=C2C)c1. The molecule has 1 aliphatic heterocycles. The van der Waals surface area contributed by atoms with Gasteiger partial charge in [-0.05, 0) is 61.0 Å². The summed E-state index contributed by atoms with van der Waals surface area (Å²) in [6.07, 6.45) is 0.937. The second-order valence-corrected chi connectivity index (χ2v) is 8.91. The van der Waals surface area contributed by atoms with E-state index in [4.69, 9.17) is 33.3 Å². The lowest BCUT2D eigenvalue weighted by atomic mass is 9.94. The molecule has 1 unspecified atom stereocenters. The maximum atomic E-state index is 6.33. The van der Waals surface area contributed by atoms with E-state index < -0.39 is 0 Å². The number of nitrogens with zero attached hydrogens (tertiary/aromatic N) is 3. The van der Waals surface area contributed by atoms with Crippen LogP contribution in [0, 0.1) is 0 Å². The molecular formula is C27H23ClN4OS. The smallest absolute Gasteiger partial charge is 0.258 e. The van der Waals surface area contributed by atoms with Gasteiger partial charge in [-0.1, -0.05) is 78.3 Å². The summed E-state index contributed by atoms with van der Waals surface area (Å²) in [5, 5.41) is 9.00. The molecule has 1 atom stereocenters. The van der Waals surface area contributed by atoms with Crippen LogP contribution in [-0.4, -0.2) is 15.3 Å². The number of rotatable bonds is 5. The van der Waals surface area contributed by atoms with Gasteiger partial charge in [0.1, 0.15) is 0 Å². The Labute approximate surface area is 209 Å². The first kappa shape index (κ1) is 22.3. The zero-order chi connectivity index (χ0) is 23.7. The molecule has 3 aromatic carbocycles. The van der Waals surface area contributed by atoms with Crippen LogP contribution in [0.5, 0.6) is 0 Å². The number of benzene rings is 3. The Morgan fingerprint density at radius 3 is 2.59 bits per heavy atom. The number of aryl methyl sites for hydroxylation is 1. The molecule has 4 aromatic rings. The Morgan fingerprint density at radius 1 is 1.03 bits per heavy atom. The van der Waals surface area contributed by atoms with Crippen LogP contribution < -0.4 is 10.2 Å². The maximum Gasteiger partial charge on any atom is 0.258 e.